The van der Waals surface area contributed by atoms with E-state index >= 15 is 0 Å². The molecule has 0 heterocycles. The van der Waals surface area contributed by atoms with E-state index in [1.54, 1.807) is 18.2 Å². The second-order valence-corrected chi connectivity index (χ2v) is 3.27. The van der Waals surface area contributed by atoms with Crippen molar-refractivity contribution in [2.45, 2.75) is 0 Å². The monoisotopic (exact) mass is 224 g/mol. The molecular weight excluding hydrogens is 214 g/mol. The van der Waals surface area contributed by atoms with E-state index in [4.69, 9.17) is 9.47 Å². The number of hydrogen-bond donors (Lipinski definition) is 0. The Balaban J connectivity index is 2.60. The van der Waals surface area contributed by atoms with E-state index in [2.05, 4.69) is 0 Å². The van der Waals surface area contributed by atoms with Crippen LogP contribution >= 0.6 is 0 Å². The molecule has 0 radical (unpaired) electrons. The zero-order valence-corrected chi connectivity index (χ0v) is 8.67. The van der Waals surface area contributed by atoms with Crippen molar-refractivity contribution in [2.24, 2.45) is 0 Å². The molecule has 0 N–H and O–H groups in total. The fourth-order valence-corrected chi connectivity index (χ4v) is 1.52. The standard InChI is InChI=1S/C12H10F2O2/c1-15-7-16-10-4-2-3-8-5-6-9(13)12(14)11(8)10/h2-6H,7H2,1H3. The summed E-state index contributed by atoms with van der Waals surface area (Å²) in [6.45, 7) is -0.00489. The average molecular weight is 224 g/mol. The summed E-state index contributed by atoms with van der Waals surface area (Å²) in [4.78, 5) is 0. The van der Waals surface area contributed by atoms with Gasteiger partial charge in [-0.15, -0.1) is 0 Å². The van der Waals surface area contributed by atoms with Gasteiger partial charge in [0.05, 0.1) is 5.39 Å². The Morgan fingerprint density at radius 2 is 1.94 bits per heavy atom. The zero-order valence-electron chi connectivity index (χ0n) is 8.67. The maximum Gasteiger partial charge on any atom is 0.188 e. The van der Waals surface area contributed by atoms with Crippen LogP contribution in [-0.4, -0.2) is 13.9 Å². The van der Waals surface area contributed by atoms with E-state index in [9.17, 15) is 8.78 Å². The Labute approximate surface area is 91.4 Å². The summed E-state index contributed by atoms with van der Waals surface area (Å²) in [6, 6.07) is 7.58. The SMILES string of the molecule is COCOc1cccc2ccc(F)c(F)c12. The van der Waals surface area contributed by atoms with Crippen LogP contribution in [0.1, 0.15) is 0 Å². The molecule has 0 aliphatic rings. The maximum absolute atomic E-state index is 13.6. The second kappa shape index (κ2) is 4.45. The number of benzene rings is 2. The quantitative estimate of drug-likeness (QED) is 0.746. The molecule has 0 amide bonds. The first-order chi connectivity index (χ1) is 7.74. The van der Waals surface area contributed by atoms with Gasteiger partial charge in [0.2, 0.25) is 0 Å². The van der Waals surface area contributed by atoms with Crippen molar-refractivity contribution >= 4 is 10.8 Å². The molecule has 16 heavy (non-hydrogen) atoms. The first kappa shape index (κ1) is 10.8. The predicted molar refractivity (Wildman–Crippen MR) is 56.4 cm³/mol. The zero-order chi connectivity index (χ0) is 11.5. The van der Waals surface area contributed by atoms with Crippen LogP contribution in [0, 0.1) is 11.6 Å². The van der Waals surface area contributed by atoms with Gasteiger partial charge in [-0.1, -0.05) is 18.2 Å². The predicted octanol–water partition coefficient (Wildman–Crippen LogP) is 3.10. The molecule has 4 heteroatoms. The van der Waals surface area contributed by atoms with Gasteiger partial charge in [0, 0.05) is 7.11 Å². The Morgan fingerprint density at radius 3 is 2.69 bits per heavy atom. The van der Waals surface area contributed by atoms with Crippen LogP contribution in [0.4, 0.5) is 8.78 Å². The molecule has 0 fully saturated rings. The van der Waals surface area contributed by atoms with Crippen molar-refractivity contribution < 1.29 is 18.3 Å². The highest BCUT2D eigenvalue weighted by Crippen LogP contribution is 2.29. The summed E-state index contributed by atoms with van der Waals surface area (Å²) in [5, 5.41) is 0.729. The maximum atomic E-state index is 13.6. The van der Waals surface area contributed by atoms with Gasteiger partial charge in [0.25, 0.3) is 0 Å². The van der Waals surface area contributed by atoms with Gasteiger partial charge in [0.15, 0.2) is 18.4 Å². The molecule has 0 bridgehead atoms. The van der Waals surface area contributed by atoms with Crippen LogP contribution in [0.3, 0.4) is 0 Å². The van der Waals surface area contributed by atoms with Crippen LogP contribution < -0.4 is 4.74 Å². The van der Waals surface area contributed by atoms with Crippen molar-refractivity contribution in [3.63, 3.8) is 0 Å². The Bertz CT molecular complexity index is 512. The van der Waals surface area contributed by atoms with Crippen LogP contribution in [0.5, 0.6) is 5.75 Å². The van der Waals surface area contributed by atoms with Crippen LogP contribution in [0.15, 0.2) is 30.3 Å². The van der Waals surface area contributed by atoms with Gasteiger partial charge in [-0.05, 0) is 17.5 Å². The number of fused-ring (bicyclic) bond motifs is 1. The van der Waals surface area contributed by atoms with E-state index < -0.39 is 11.6 Å². The van der Waals surface area contributed by atoms with E-state index in [0.717, 1.165) is 6.07 Å². The first-order valence-electron chi connectivity index (χ1n) is 4.72. The minimum absolute atomic E-state index is 0.00489. The van der Waals surface area contributed by atoms with Gasteiger partial charge in [-0.25, -0.2) is 8.78 Å². The minimum Gasteiger partial charge on any atom is -0.467 e. The molecule has 0 atom stereocenters. The molecule has 2 rings (SSSR count). The largest absolute Gasteiger partial charge is 0.467 e. The lowest BCUT2D eigenvalue weighted by Gasteiger charge is -2.09. The van der Waals surface area contributed by atoms with Gasteiger partial charge >= 0.3 is 0 Å². The molecule has 0 unspecified atom stereocenters. The molecule has 2 aromatic carbocycles. The Morgan fingerprint density at radius 1 is 1.12 bits per heavy atom. The van der Waals surface area contributed by atoms with Crippen molar-refractivity contribution in [2.75, 3.05) is 13.9 Å². The summed E-state index contributed by atoms with van der Waals surface area (Å²) in [5.41, 5.74) is 0. The molecule has 0 aromatic heterocycles. The first-order valence-corrected chi connectivity index (χ1v) is 4.72. The van der Waals surface area contributed by atoms with E-state index in [-0.39, 0.29) is 17.9 Å². The molecule has 0 saturated carbocycles. The lowest BCUT2D eigenvalue weighted by atomic mass is 10.1. The third-order valence-corrected chi connectivity index (χ3v) is 2.23. The summed E-state index contributed by atoms with van der Waals surface area (Å²) < 4.78 is 36.6. The van der Waals surface area contributed by atoms with E-state index in [0.29, 0.717) is 5.39 Å². The van der Waals surface area contributed by atoms with E-state index in [1.165, 1.54) is 13.2 Å². The number of hydrogen-bond acceptors (Lipinski definition) is 2. The van der Waals surface area contributed by atoms with Crippen molar-refractivity contribution in [3.8, 4) is 5.75 Å². The Hall–Kier alpha value is -1.68. The van der Waals surface area contributed by atoms with Crippen LogP contribution in [-0.2, 0) is 4.74 Å². The molecule has 2 aromatic rings. The molecule has 84 valence electrons. The molecule has 0 spiro atoms. The van der Waals surface area contributed by atoms with Crippen molar-refractivity contribution in [1.82, 2.24) is 0 Å². The third-order valence-electron chi connectivity index (χ3n) is 2.23. The highest BCUT2D eigenvalue weighted by Gasteiger charge is 2.11. The van der Waals surface area contributed by atoms with Crippen molar-refractivity contribution in [1.29, 1.82) is 0 Å². The van der Waals surface area contributed by atoms with E-state index in [1.807, 2.05) is 0 Å². The fraction of sp³-hybridized carbons (Fsp3) is 0.167. The number of methoxy groups -OCH3 is 1. The molecule has 2 nitrogen and oxygen atoms in total. The topological polar surface area (TPSA) is 18.5 Å². The lowest BCUT2D eigenvalue weighted by Crippen LogP contribution is -2.00. The van der Waals surface area contributed by atoms with Gasteiger partial charge in [0.1, 0.15) is 5.75 Å². The summed E-state index contributed by atoms with van der Waals surface area (Å²) >= 11 is 0. The number of halogens is 2. The Kier molecular flexibility index (Phi) is 3.01. The lowest BCUT2D eigenvalue weighted by molar-refractivity contribution is 0.0521. The fourth-order valence-electron chi connectivity index (χ4n) is 1.52. The summed E-state index contributed by atoms with van der Waals surface area (Å²) in [5.74, 6) is -1.51. The summed E-state index contributed by atoms with van der Waals surface area (Å²) in [6.07, 6.45) is 0. The number of rotatable bonds is 3. The summed E-state index contributed by atoms with van der Waals surface area (Å²) in [7, 11) is 1.46. The minimum atomic E-state index is -0.899. The normalized spacial score (nSPS) is 10.7. The molecule has 0 saturated heterocycles. The average Bonchev–Trinajstić information content (AvgIpc) is 2.31. The van der Waals surface area contributed by atoms with Gasteiger partial charge in [-0.3, -0.25) is 0 Å². The third kappa shape index (κ3) is 1.84. The molecule has 0 aliphatic heterocycles. The van der Waals surface area contributed by atoms with Crippen molar-refractivity contribution in [3.05, 3.63) is 42.0 Å². The second-order valence-electron chi connectivity index (χ2n) is 3.27. The van der Waals surface area contributed by atoms with Gasteiger partial charge < -0.3 is 9.47 Å². The smallest absolute Gasteiger partial charge is 0.188 e. The molecular formula is C12H10F2O2. The number of ether oxygens (including phenoxy) is 2. The molecule has 0 aliphatic carbocycles. The van der Waals surface area contributed by atoms with Crippen LogP contribution in [0.2, 0.25) is 0 Å². The van der Waals surface area contributed by atoms with Gasteiger partial charge in [-0.2, -0.15) is 0 Å². The highest BCUT2D eigenvalue weighted by molar-refractivity contribution is 5.88. The highest BCUT2D eigenvalue weighted by atomic mass is 19.2. The van der Waals surface area contributed by atoms with Crippen LogP contribution in [0.25, 0.3) is 10.8 Å².